The van der Waals surface area contributed by atoms with Gasteiger partial charge in [-0.3, -0.25) is 0 Å². The van der Waals surface area contributed by atoms with Gasteiger partial charge < -0.3 is 19.6 Å². The van der Waals surface area contributed by atoms with Crippen molar-refractivity contribution in [1.29, 1.82) is 5.26 Å². The monoisotopic (exact) mass is 453 g/mol. The van der Waals surface area contributed by atoms with Crippen molar-refractivity contribution in [2.45, 2.75) is 0 Å². The third kappa shape index (κ3) is 6.27. The predicted molar refractivity (Wildman–Crippen MR) is 137 cm³/mol. The highest BCUT2D eigenvalue weighted by Crippen LogP contribution is 2.25. The van der Waals surface area contributed by atoms with Gasteiger partial charge in [-0.25, -0.2) is 4.79 Å². The molecule has 0 atom stereocenters. The summed E-state index contributed by atoms with van der Waals surface area (Å²) >= 11 is 0. The summed E-state index contributed by atoms with van der Waals surface area (Å²) in [5.74, 6) is -0.409. The molecule has 0 spiro atoms. The normalized spacial score (nSPS) is 13.2. The van der Waals surface area contributed by atoms with Crippen molar-refractivity contribution in [3.63, 3.8) is 0 Å². The number of benzene rings is 2. The molecule has 1 N–H and O–H groups in total. The van der Waals surface area contributed by atoms with Crippen molar-refractivity contribution >= 4 is 29.5 Å². The van der Waals surface area contributed by atoms with Gasteiger partial charge in [0.1, 0.15) is 23.2 Å². The Morgan fingerprint density at radius 2 is 1.21 bits per heavy atom. The molecule has 0 aromatic heterocycles. The number of carboxylic acids is 1. The number of aliphatic carboxylic acids is 1. The molecule has 34 heavy (non-hydrogen) atoms. The third-order valence-electron chi connectivity index (χ3n) is 5.14. The van der Waals surface area contributed by atoms with E-state index in [4.69, 9.17) is 4.74 Å². The summed E-state index contributed by atoms with van der Waals surface area (Å²) in [4.78, 5) is 15.6. The van der Waals surface area contributed by atoms with Crippen LogP contribution in [-0.4, -0.2) is 39.3 Å². The number of nitrogens with zero attached hydrogens (tertiary/aromatic N) is 3. The van der Waals surface area contributed by atoms with Crippen LogP contribution in [0.5, 0.6) is 0 Å². The highest BCUT2D eigenvalue weighted by molar-refractivity contribution is 5.93. The second-order valence-electron chi connectivity index (χ2n) is 8.08. The average Bonchev–Trinajstić information content (AvgIpc) is 2.82. The van der Waals surface area contributed by atoms with Crippen LogP contribution in [0, 0.1) is 11.3 Å². The van der Waals surface area contributed by atoms with Crippen LogP contribution in [-0.2, 0) is 9.53 Å². The first kappa shape index (κ1) is 24.1. The Labute approximate surface area is 200 Å². The van der Waals surface area contributed by atoms with Crippen LogP contribution in [0.15, 0.2) is 95.5 Å². The largest absolute Gasteiger partial charge is 0.477 e. The van der Waals surface area contributed by atoms with E-state index in [1.54, 1.807) is 30.4 Å². The van der Waals surface area contributed by atoms with Gasteiger partial charge in [0, 0.05) is 45.1 Å². The zero-order chi connectivity index (χ0) is 24.7. The second-order valence-corrected chi connectivity index (χ2v) is 8.08. The van der Waals surface area contributed by atoms with Gasteiger partial charge in [0.25, 0.3) is 0 Å². The maximum Gasteiger partial charge on any atom is 0.347 e. The molecule has 0 aliphatic carbocycles. The van der Waals surface area contributed by atoms with Crippen molar-refractivity contribution in [1.82, 2.24) is 0 Å². The number of carboxylic acid groups (broad SMARTS) is 1. The number of ether oxygens (including phenoxy) is 1. The molecule has 0 fully saturated rings. The number of rotatable bonds is 7. The first-order chi connectivity index (χ1) is 16.3. The van der Waals surface area contributed by atoms with Gasteiger partial charge in [-0.15, -0.1) is 0 Å². The summed E-state index contributed by atoms with van der Waals surface area (Å²) in [5, 5.41) is 18.8. The number of allylic oxidation sites excluding steroid dienone is 5. The van der Waals surface area contributed by atoms with Crippen LogP contribution in [0.4, 0.5) is 11.4 Å². The molecular formula is C28H27N3O3. The Bertz CT molecular complexity index is 1160. The lowest BCUT2D eigenvalue weighted by Crippen LogP contribution is -2.07. The van der Waals surface area contributed by atoms with Crippen molar-refractivity contribution < 1.29 is 14.6 Å². The summed E-state index contributed by atoms with van der Waals surface area (Å²) in [6.07, 6.45) is 10.4. The molecule has 1 aliphatic heterocycles. The van der Waals surface area contributed by atoms with E-state index >= 15 is 0 Å². The van der Waals surface area contributed by atoms with E-state index < -0.39 is 5.97 Å². The molecule has 3 rings (SSSR count). The molecule has 0 saturated carbocycles. The highest BCUT2D eigenvalue weighted by atomic mass is 16.5. The number of carbonyl (C=O) groups is 1. The van der Waals surface area contributed by atoms with Crippen molar-refractivity contribution in [3.8, 4) is 6.07 Å². The van der Waals surface area contributed by atoms with Crippen LogP contribution >= 0.6 is 0 Å². The van der Waals surface area contributed by atoms with Crippen LogP contribution in [0.1, 0.15) is 11.1 Å². The first-order valence-corrected chi connectivity index (χ1v) is 10.7. The molecule has 0 radical (unpaired) electrons. The van der Waals surface area contributed by atoms with Crippen LogP contribution < -0.4 is 9.80 Å². The van der Waals surface area contributed by atoms with E-state index in [1.807, 2.05) is 98.7 Å². The zero-order valence-corrected chi connectivity index (χ0v) is 19.7. The van der Waals surface area contributed by atoms with E-state index in [0.29, 0.717) is 11.5 Å². The summed E-state index contributed by atoms with van der Waals surface area (Å²) in [6.45, 7) is 0. The molecule has 1 aliphatic rings. The molecule has 2 aromatic rings. The Balaban J connectivity index is 1.88. The van der Waals surface area contributed by atoms with Gasteiger partial charge >= 0.3 is 5.97 Å². The van der Waals surface area contributed by atoms with Gasteiger partial charge in [-0.05, 0) is 59.7 Å². The number of anilines is 2. The quantitative estimate of drug-likeness (QED) is 0.456. The van der Waals surface area contributed by atoms with E-state index in [-0.39, 0.29) is 11.1 Å². The molecule has 0 bridgehead atoms. The van der Waals surface area contributed by atoms with Gasteiger partial charge in [0.05, 0.1) is 0 Å². The Morgan fingerprint density at radius 1 is 0.794 bits per heavy atom. The predicted octanol–water partition coefficient (Wildman–Crippen LogP) is 5.25. The fourth-order valence-electron chi connectivity index (χ4n) is 3.21. The fourth-order valence-corrected chi connectivity index (χ4v) is 3.21. The van der Waals surface area contributed by atoms with E-state index in [9.17, 15) is 15.2 Å². The lowest BCUT2D eigenvalue weighted by molar-refractivity contribution is -0.132. The maximum atomic E-state index is 11.6. The third-order valence-corrected chi connectivity index (χ3v) is 5.14. The van der Waals surface area contributed by atoms with E-state index in [1.165, 1.54) is 0 Å². The summed E-state index contributed by atoms with van der Waals surface area (Å²) in [6, 6.07) is 17.7. The molecule has 2 aromatic carbocycles. The van der Waals surface area contributed by atoms with Crippen molar-refractivity contribution in [2.75, 3.05) is 38.0 Å². The standard InChI is InChI=1S/C28H27N3O3/c1-30(2)23-11-5-20(6-12-23)9-15-25-17-22(27(19-29)28(32)33)18-26(34-25)16-10-21-7-13-24(14-8-21)31(3)4/h5-18H,1-4H3,(H,32,33)/b15-9+,16-10+. The smallest absolute Gasteiger partial charge is 0.347 e. The topological polar surface area (TPSA) is 76.8 Å². The van der Waals surface area contributed by atoms with Gasteiger partial charge in [0.2, 0.25) is 0 Å². The average molecular weight is 454 g/mol. The summed E-state index contributed by atoms with van der Waals surface area (Å²) in [7, 11) is 7.92. The molecule has 0 unspecified atom stereocenters. The molecule has 6 heteroatoms. The SMILES string of the molecule is CN(C)c1ccc(/C=C/C2=CC(=C(C#N)C(=O)O)C=C(/C=C/c3ccc(N(C)C)cc3)O2)cc1. The molecule has 0 saturated heterocycles. The van der Waals surface area contributed by atoms with Crippen LogP contribution in [0.25, 0.3) is 12.2 Å². The summed E-state index contributed by atoms with van der Waals surface area (Å²) in [5.41, 5.74) is 4.05. The number of hydrogen-bond donors (Lipinski definition) is 1. The fraction of sp³-hybridized carbons (Fsp3) is 0.143. The lowest BCUT2D eigenvalue weighted by atomic mass is 10.0. The summed E-state index contributed by atoms with van der Waals surface area (Å²) < 4.78 is 5.95. The minimum atomic E-state index is -1.28. The van der Waals surface area contributed by atoms with Crippen molar-refractivity contribution in [2.24, 2.45) is 0 Å². The Morgan fingerprint density at radius 3 is 1.53 bits per heavy atom. The van der Waals surface area contributed by atoms with E-state index in [0.717, 1.165) is 22.5 Å². The Hall–Kier alpha value is -4.50. The first-order valence-electron chi connectivity index (χ1n) is 10.7. The maximum absolute atomic E-state index is 11.6. The number of nitriles is 1. The van der Waals surface area contributed by atoms with Gasteiger partial charge in [-0.1, -0.05) is 36.4 Å². The van der Waals surface area contributed by atoms with Crippen LogP contribution in [0.3, 0.4) is 0 Å². The van der Waals surface area contributed by atoms with Crippen LogP contribution in [0.2, 0.25) is 0 Å². The van der Waals surface area contributed by atoms with E-state index in [2.05, 4.69) is 0 Å². The molecule has 1 heterocycles. The van der Waals surface area contributed by atoms with Gasteiger partial charge in [-0.2, -0.15) is 5.26 Å². The lowest BCUT2D eigenvalue weighted by Gasteiger charge is -2.15. The molecule has 6 nitrogen and oxygen atoms in total. The molecule has 172 valence electrons. The zero-order valence-electron chi connectivity index (χ0n) is 19.7. The highest BCUT2D eigenvalue weighted by Gasteiger charge is 2.16. The minimum absolute atomic E-state index is 0.284. The Kier molecular flexibility index (Phi) is 7.73. The molecular weight excluding hydrogens is 426 g/mol. The second kappa shape index (κ2) is 10.9. The number of hydrogen-bond acceptors (Lipinski definition) is 5. The van der Waals surface area contributed by atoms with Gasteiger partial charge in [0.15, 0.2) is 0 Å². The minimum Gasteiger partial charge on any atom is -0.477 e. The molecule has 0 amide bonds. The van der Waals surface area contributed by atoms with Crippen molar-refractivity contribution in [3.05, 3.63) is 107 Å².